The molecule has 2 nitrogen and oxygen atoms in total. The molecule has 1 N–H and O–H groups in total. The molecule has 0 spiro atoms. The molecule has 1 fully saturated rings. The standard InChI is InChI=1S/C15H25NO/c1-13(2)11-16-12-15(7-3-4-8-15)10-14-6-5-9-17-14/h5-6,9,13,16H,3-4,7-8,10-12H2,1-2H3. The highest BCUT2D eigenvalue weighted by Crippen LogP contribution is 2.40. The summed E-state index contributed by atoms with van der Waals surface area (Å²) >= 11 is 0. The summed E-state index contributed by atoms with van der Waals surface area (Å²) in [6, 6.07) is 4.11. The topological polar surface area (TPSA) is 25.2 Å². The quantitative estimate of drug-likeness (QED) is 0.814. The normalized spacial score (nSPS) is 19.0. The first-order valence-corrected chi connectivity index (χ1v) is 6.93. The van der Waals surface area contributed by atoms with E-state index >= 15 is 0 Å². The van der Waals surface area contributed by atoms with E-state index in [0.717, 1.165) is 31.2 Å². The van der Waals surface area contributed by atoms with E-state index in [1.165, 1.54) is 25.7 Å². The third kappa shape index (κ3) is 3.60. The van der Waals surface area contributed by atoms with Crippen LogP contribution in [0.4, 0.5) is 0 Å². The zero-order valence-electron chi connectivity index (χ0n) is 11.2. The van der Waals surface area contributed by atoms with Gasteiger partial charge >= 0.3 is 0 Å². The zero-order valence-corrected chi connectivity index (χ0v) is 11.2. The van der Waals surface area contributed by atoms with Crippen LogP contribution in [-0.2, 0) is 6.42 Å². The van der Waals surface area contributed by atoms with Crippen molar-refractivity contribution in [2.24, 2.45) is 11.3 Å². The molecule has 17 heavy (non-hydrogen) atoms. The number of nitrogens with one attached hydrogen (secondary N) is 1. The Hall–Kier alpha value is -0.760. The summed E-state index contributed by atoms with van der Waals surface area (Å²) in [5.74, 6) is 1.88. The van der Waals surface area contributed by atoms with Crippen molar-refractivity contribution in [1.82, 2.24) is 5.32 Å². The summed E-state index contributed by atoms with van der Waals surface area (Å²) in [6.07, 6.45) is 8.34. The van der Waals surface area contributed by atoms with Crippen molar-refractivity contribution in [3.8, 4) is 0 Å². The smallest absolute Gasteiger partial charge is 0.104 e. The summed E-state index contributed by atoms with van der Waals surface area (Å²) < 4.78 is 5.52. The second-order valence-corrected chi connectivity index (χ2v) is 5.99. The third-order valence-electron chi connectivity index (χ3n) is 3.85. The van der Waals surface area contributed by atoms with Gasteiger partial charge in [-0.2, -0.15) is 0 Å². The summed E-state index contributed by atoms with van der Waals surface area (Å²) in [7, 11) is 0. The molecular weight excluding hydrogens is 210 g/mol. The van der Waals surface area contributed by atoms with Crippen molar-refractivity contribution in [3.63, 3.8) is 0 Å². The molecule has 1 aromatic rings. The monoisotopic (exact) mass is 235 g/mol. The molecule has 0 radical (unpaired) electrons. The van der Waals surface area contributed by atoms with Crippen molar-refractivity contribution < 1.29 is 4.42 Å². The molecule has 1 aliphatic rings. The van der Waals surface area contributed by atoms with Gasteiger partial charge in [-0.25, -0.2) is 0 Å². The molecule has 0 aromatic carbocycles. The lowest BCUT2D eigenvalue weighted by molar-refractivity contribution is 0.254. The van der Waals surface area contributed by atoms with Crippen LogP contribution < -0.4 is 5.32 Å². The summed E-state index contributed by atoms with van der Waals surface area (Å²) in [4.78, 5) is 0. The fourth-order valence-electron chi connectivity index (χ4n) is 2.95. The van der Waals surface area contributed by atoms with Crippen LogP contribution in [-0.4, -0.2) is 13.1 Å². The molecule has 0 bridgehead atoms. The third-order valence-corrected chi connectivity index (χ3v) is 3.85. The van der Waals surface area contributed by atoms with Gasteiger partial charge < -0.3 is 9.73 Å². The molecule has 1 saturated carbocycles. The molecule has 0 saturated heterocycles. The molecule has 0 atom stereocenters. The predicted octanol–water partition coefficient (Wildman–Crippen LogP) is 3.63. The van der Waals surface area contributed by atoms with Crippen LogP contribution in [0.25, 0.3) is 0 Å². The Bertz CT molecular complexity index is 310. The van der Waals surface area contributed by atoms with Crippen molar-refractivity contribution >= 4 is 0 Å². The maximum atomic E-state index is 5.52. The molecule has 0 aliphatic heterocycles. The number of hydrogen-bond acceptors (Lipinski definition) is 2. The zero-order chi connectivity index (χ0) is 12.1. The summed E-state index contributed by atoms with van der Waals surface area (Å²) in [5.41, 5.74) is 0.451. The Labute approximate surface area is 105 Å². The van der Waals surface area contributed by atoms with E-state index in [4.69, 9.17) is 4.42 Å². The Kier molecular flexibility index (Phi) is 4.27. The van der Waals surface area contributed by atoms with Gasteiger partial charge in [-0.15, -0.1) is 0 Å². The fourth-order valence-corrected chi connectivity index (χ4v) is 2.95. The molecule has 0 unspecified atom stereocenters. The Morgan fingerprint density at radius 3 is 2.71 bits per heavy atom. The molecule has 96 valence electrons. The Balaban J connectivity index is 1.90. The first kappa shape index (κ1) is 12.7. The van der Waals surface area contributed by atoms with E-state index in [-0.39, 0.29) is 0 Å². The maximum absolute atomic E-state index is 5.52. The minimum Gasteiger partial charge on any atom is -0.469 e. The lowest BCUT2D eigenvalue weighted by Crippen LogP contribution is -2.35. The van der Waals surface area contributed by atoms with Crippen LogP contribution in [0, 0.1) is 11.3 Å². The van der Waals surface area contributed by atoms with Crippen LogP contribution in [0.3, 0.4) is 0 Å². The largest absolute Gasteiger partial charge is 0.469 e. The minimum absolute atomic E-state index is 0.451. The van der Waals surface area contributed by atoms with Gasteiger partial charge in [-0.3, -0.25) is 0 Å². The summed E-state index contributed by atoms with van der Waals surface area (Å²) in [6.45, 7) is 6.80. The van der Waals surface area contributed by atoms with Crippen molar-refractivity contribution in [2.75, 3.05) is 13.1 Å². The molecular formula is C15H25NO. The van der Waals surface area contributed by atoms with Crippen molar-refractivity contribution in [2.45, 2.75) is 46.0 Å². The molecule has 2 rings (SSSR count). The molecule has 1 aromatic heterocycles. The summed E-state index contributed by atoms with van der Waals surface area (Å²) in [5, 5.41) is 3.64. The van der Waals surface area contributed by atoms with Gasteiger partial charge in [0, 0.05) is 13.0 Å². The number of rotatable bonds is 6. The molecule has 0 amide bonds. The SMILES string of the molecule is CC(C)CNCC1(Cc2ccco2)CCCC1. The van der Waals surface area contributed by atoms with Crippen molar-refractivity contribution in [1.29, 1.82) is 0 Å². The van der Waals surface area contributed by atoms with Gasteiger partial charge in [0.05, 0.1) is 6.26 Å². The highest BCUT2D eigenvalue weighted by Gasteiger charge is 2.34. The highest BCUT2D eigenvalue weighted by molar-refractivity contribution is 5.04. The molecule has 2 heteroatoms. The van der Waals surface area contributed by atoms with Gasteiger partial charge in [0.2, 0.25) is 0 Å². The van der Waals surface area contributed by atoms with Crippen LogP contribution in [0.1, 0.15) is 45.3 Å². The lowest BCUT2D eigenvalue weighted by atomic mass is 9.81. The Morgan fingerprint density at radius 2 is 2.12 bits per heavy atom. The highest BCUT2D eigenvalue weighted by atomic mass is 16.3. The van der Waals surface area contributed by atoms with Gasteiger partial charge in [-0.1, -0.05) is 26.7 Å². The van der Waals surface area contributed by atoms with Crippen LogP contribution in [0.5, 0.6) is 0 Å². The van der Waals surface area contributed by atoms with E-state index in [1.807, 2.05) is 6.07 Å². The Morgan fingerprint density at radius 1 is 1.35 bits per heavy atom. The average Bonchev–Trinajstić information content (AvgIpc) is 2.90. The van der Waals surface area contributed by atoms with Crippen LogP contribution in [0.2, 0.25) is 0 Å². The first-order valence-electron chi connectivity index (χ1n) is 6.93. The van der Waals surface area contributed by atoms with Gasteiger partial charge in [-0.05, 0) is 42.9 Å². The lowest BCUT2D eigenvalue weighted by Gasteiger charge is -2.29. The second-order valence-electron chi connectivity index (χ2n) is 5.99. The fraction of sp³-hybridized carbons (Fsp3) is 0.733. The van der Waals surface area contributed by atoms with Crippen LogP contribution >= 0.6 is 0 Å². The average molecular weight is 235 g/mol. The van der Waals surface area contributed by atoms with Crippen molar-refractivity contribution in [3.05, 3.63) is 24.2 Å². The minimum atomic E-state index is 0.451. The maximum Gasteiger partial charge on any atom is 0.104 e. The van der Waals surface area contributed by atoms with E-state index in [1.54, 1.807) is 6.26 Å². The van der Waals surface area contributed by atoms with Gasteiger partial charge in [0.15, 0.2) is 0 Å². The van der Waals surface area contributed by atoms with E-state index in [9.17, 15) is 0 Å². The van der Waals surface area contributed by atoms with Gasteiger partial charge in [0.1, 0.15) is 5.76 Å². The van der Waals surface area contributed by atoms with E-state index < -0.39 is 0 Å². The second kappa shape index (κ2) is 5.72. The van der Waals surface area contributed by atoms with Gasteiger partial charge in [0.25, 0.3) is 0 Å². The molecule has 1 heterocycles. The van der Waals surface area contributed by atoms with Crippen LogP contribution in [0.15, 0.2) is 22.8 Å². The van der Waals surface area contributed by atoms with E-state index in [2.05, 4.69) is 25.2 Å². The number of furan rings is 1. The van der Waals surface area contributed by atoms with E-state index in [0.29, 0.717) is 5.41 Å². The predicted molar refractivity (Wildman–Crippen MR) is 71.0 cm³/mol. The molecule has 1 aliphatic carbocycles. The first-order chi connectivity index (χ1) is 8.20. The number of hydrogen-bond donors (Lipinski definition) is 1.